The van der Waals surface area contributed by atoms with Crippen molar-refractivity contribution >= 4 is 27.9 Å². The molecule has 4 saturated carbocycles. The third kappa shape index (κ3) is 5.60. The highest BCUT2D eigenvalue weighted by Gasteiger charge is 2.51. The molecule has 4 fully saturated rings. The maximum Gasteiger partial charge on any atom is 0.324 e. The Bertz CT molecular complexity index is 1000. The van der Waals surface area contributed by atoms with E-state index in [9.17, 15) is 22.8 Å². The summed E-state index contributed by atoms with van der Waals surface area (Å²) in [7, 11) is -3.95. The maximum atomic E-state index is 12.6. The van der Waals surface area contributed by atoms with Gasteiger partial charge in [-0.1, -0.05) is 32.0 Å². The maximum absolute atomic E-state index is 12.6. The van der Waals surface area contributed by atoms with E-state index in [4.69, 9.17) is 4.74 Å². The van der Waals surface area contributed by atoms with E-state index in [0.29, 0.717) is 17.8 Å². The summed E-state index contributed by atoms with van der Waals surface area (Å²) in [4.78, 5) is 37.3. The SMILES string of the molecule is CC(C)C(NS(=O)(=O)c1ccccc1)C(=O)OCC(=O)NC(=O)NC12CC3CC(CC(C3)C1)C2. The molecule has 0 aromatic heterocycles. The van der Waals surface area contributed by atoms with E-state index >= 15 is 0 Å². The van der Waals surface area contributed by atoms with E-state index in [1.165, 1.54) is 31.4 Å². The van der Waals surface area contributed by atoms with E-state index < -0.39 is 46.5 Å². The Hall–Kier alpha value is -2.46. The van der Waals surface area contributed by atoms with Gasteiger partial charge in [0.15, 0.2) is 6.61 Å². The van der Waals surface area contributed by atoms with Crippen LogP contribution in [-0.4, -0.2) is 44.5 Å². The molecule has 4 aliphatic rings. The average Bonchev–Trinajstić information content (AvgIpc) is 2.75. The van der Waals surface area contributed by atoms with Gasteiger partial charge in [0.05, 0.1) is 4.90 Å². The topological polar surface area (TPSA) is 131 Å². The number of urea groups is 1. The predicted octanol–water partition coefficient (Wildman–Crippen LogP) is 2.33. The minimum Gasteiger partial charge on any atom is -0.454 e. The van der Waals surface area contributed by atoms with Gasteiger partial charge in [0.1, 0.15) is 6.04 Å². The molecule has 186 valence electrons. The van der Waals surface area contributed by atoms with Crippen molar-refractivity contribution in [2.45, 2.75) is 68.8 Å². The van der Waals surface area contributed by atoms with Crippen molar-refractivity contribution in [3.63, 3.8) is 0 Å². The van der Waals surface area contributed by atoms with Gasteiger partial charge in [-0.2, -0.15) is 4.72 Å². The molecule has 10 heteroatoms. The smallest absolute Gasteiger partial charge is 0.324 e. The molecule has 0 saturated heterocycles. The molecule has 9 nitrogen and oxygen atoms in total. The summed E-state index contributed by atoms with van der Waals surface area (Å²) >= 11 is 0. The predicted molar refractivity (Wildman–Crippen MR) is 124 cm³/mol. The number of benzene rings is 1. The molecule has 4 aliphatic carbocycles. The van der Waals surface area contributed by atoms with Crippen molar-refractivity contribution in [2.75, 3.05) is 6.61 Å². The third-order valence-corrected chi connectivity index (χ3v) is 8.73. The average molecular weight is 492 g/mol. The number of carbonyl (C=O) groups is 3. The lowest BCUT2D eigenvalue weighted by atomic mass is 9.53. The van der Waals surface area contributed by atoms with Crippen molar-refractivity contribution in [3.8, 4) is 0 Å². The summed E-state index contributed by atoms with van der Waals surface area (Å²) in [5, 5.41) is 5.28. The Morgan fingerprint density at radius 2 is 1.56 bits per heavy atom. The fourth-order valence-corrected chi connectivity index (χ4v) is 7.57. The Kier molecular flexibility index (Phi) is 7.00. The quantitative estimate of drug-likeness (QED) is 0.479. The van der Waals surface area contributed by atoms with Crippen LogP contribution < -0.4 is 15.4 Å². The minimum atomic E-state index is -3.95. The summed E-state index contributed by atoms with van der Waals surface area (Å²) in [6, 6.07) is 5.92. The molecule has 3 N–H and O–H groups in total. The van der Waals surface area contributed by atoms with Crippen LogP contribution >= 0.6 is 0 Å². The van der Waals surface area contributed by atoms with Crippen molar-refractivity contribution in [1.82, 2.24) is 15.4 Å². The lowest BCUT2D eigenvalue weighted by molar-refractivity contribution is -0.150. The lowest BCUT2D eigenvalue weighted by Gasteiger charge is -2.56. The normalized spacial score (nSPS) is 28.4. The highest BCUT2D eigenvalue weighted by atomic mass is 32.2. The summed E-state index contributed by atoms with van der Waals surface area (Å²) in [5.41, 5.74) is -0.242. The molecule has 0 spiro atoms. The molecule has 5 rings (SSSR count). The van der Waals surface area contributed by atoms with Gasteiger partial charge in [-0.3, -0.25) is 14.9 Å². The third-order valence-electron chi connectivity index (χ3n) is 7.27. The molecular weight excluding hydrogens is 458 g/mol. The minimum absolute atomic E-state index is 0.0209. The molecule has 1 unspecified atom stereocenters. The van der Waals surface area contributed by atoms with Gasteiger partial charge in [0, 0.05) is 5.54 Å². The lowest BCUT2D eigenvalue weighted by Crippen LogP contribution is -2.62. The Labute approximate surface area is 200 Å². The number of esters is 1. The molecule has 0 heterocycles. The number of hydrogen-bond donors (Lipinski definition) is 3. The number of nitrogens with one attached hydrogen (secondary N) is 3. The second-order valence-corrected chi connectivity index (χ2v) is 12.2. The monoisotopic (exact) mass is 491 g/mol. The van der Waals surface area contributed by atoms with Crippen LogP contribution in [0.4, 0.5) is 4.79 Å². The Morgan fingerprint density at radius 1 is 1.00 bits per heavy atom. The molecule has 1 aromatic rings. The van der Waals surface area contributed by atoms with Gasteiger partial charge in [-0.15, -0.1) is 0 Å². The van der Waals surface area contributed by atoms with Crippen LogP contribution in [0.15, 0.2) is 35.2 Å². The van der Waals surface area contributed by atoms with E-state index in [-0.39, 0.29) is 10.4 Å². The van der Waals surface area contributed by atoms with E-state index in [1.54, 1.807) is 32.0 Å². The Morgan fingerprint density at radius 3 is 2.09 bits per heavy atom. The van der Waals surface area contributed by atoms with Crippen molar-refractivity contribution in [2.24, 2.45) is 23.7 Å². The zero-order chi connectivity index (χ0) is 24.5. The number of sulfonamides is 1. The first-order valence-corrected chi connectivity index (χ1v) is 13.4. The molecule has 3 amide bonds. The van der Waals surface area contributed by atoms with Gasteiger partial charge in [0.25, 0.3) is 5.91 Å². The fourth-order valence-electron chi connectivity index (χ4n) is 6.22. The van der Waals surface area contributed by atoms with Crippen LogP contribution in [0.5, 0.6) is 0 Å². The van der Waals surface area contributed by atoms with E-state index in [2.05, 4.69) is 15.4 Å². The number of rotatable bonds is 8. The van der Waals surface area contributed by atoms with Crippen molar-refractivity contribution in [3.05, 3.63) is 30.3 Å². The fraction of sp³-hybridized carbons (Fsp3) is 0.625. The number of amides is 3. The first kappa shape index (κ1) is 24.7. The van der Waals surface area contributed by atoms with Gasteiger partial charge in [-0.05, 0) is 74.3 Å². The van der Waals surface area contributed by atoms with Crippen molar-refractivity contribution in [1.29, 1.82) is 0 Å². The Balaban J connectivity index is 1.27. The van der Waals surface area contributed by atoms with Gasteiger partial charge < -0.3 is 10.1 Å². The number of hydrogen-bond acceptors (Lipinski definition) is 6. The molecule has 1 aromatic carbocycles. The summed E-state index contributed by atoms with van der Waals surface area (Å²) in [6.45, 7) is 2.65. The first-order chi connectivity index (χ1) is 16.1. The summed E-state index contributed by atoms with van der Waals surface area (Å²) in [6.07, 6.45) is 6.57. The zero-order valence-corrected chi connectivity index (χ0v) is 20.4. The zero-order valence-electron chi connectivity index (χ0n) is 19.6. The molecule has 0 aliphatic heterocycles. The highest BCUT2D eigenvalue weighted by molar-refractivity contribution is 7.89. The molecule has 1 atom stereocenters. The van der Waals surface area contributed by atoms with Crippen molar-refractivity contribution < 1.29 is 27.5 Å². The van der Waals surface area contributed by atoms with Crippen LogP contribution in [-0.2, 0) is 24.3 Å². The van der Waals surface area contributed by atoms with Gasteiger partial charge >= 0.3 is 12.0 Å². The second-order valence-electron chi connectivity index (χ2n) is 10.5. The standard InChI is InChI=1S/C24H33N3O6S/c1-15(2)21(27-34(31,32)19-6-4-3-5-7-19)22(29)33-14-20(28)25-23(30)26-24-11-16-8-17(12-24)10-18(9-16)13-24/h3-7,15-18,21,27H,8-14H2,1-2H3,(H2,25,26,28,30). The van der Waals surface area contributed by atoms with Crippen LogP contribution in [0, 0.1) is 23.7 Å². The number of ether oxygens (including phenoxy) is 1. The van der Waals surface area contributed by atoms with Crippen LogP contribution in [0.3, 0.4) is 0 Å². The highest BCUT2D eigenvalue weighted by Crippen LogP contribution is 2.55. The van der Waals surface area contributed by atoms with Gasteiger partial charge in [-0.25, -0.2) is 13.2 Å². The van der Waals surface area contributed by atoms with E-state index in [1.807, 2.05) is 0 Å². The molecule has 34 heavy (non-hydrogen) atoms. The molecule has 4 bridgehead atoms. The van der Waals surface area contributed by atoms with Gasteiger partial charge in [0.2, 0.25) is 10.0 Å². The summed E-state index contributed by atoms with van der Waals surface area (Å²) in [5.74, 6) is -0.119. The number of imide groups is 1. The molecule has 0 radical (unpaired) electrons. The van der Waals surface area contributed by atoms with Crippen LogP contribution in [0.2, 0.25) is 0 Å². The largest absolute Gasteiger partial charge is 0.454 e. The van der Waals surface area contributed by atoms with Crippen LogP contribution in [0.1, 0.15) is 52.4 Å². The van der Waals surface area contributed by atoms with E-state index in [0.717, 1.165) is 19.3 Å². The number of carbonyl (C=O) groups excluding carboxylic acids is 3. The van der Waals surface area contributed by atoms with Crippen LogP contribution in [0.25, 0.3) is 0 Å². The molecular formula is C24H33N3O6S. The first-order valence-electron chi connectivity index (χ1n) is 11.9. The second kappa shape index (κ2) is 9.65. The summed E-state index contributed by atoms with van der Waals surface area (Å²) < 4.78 is 32.6.